The summed E-state index contributed by atoms with van der Waals surface area (Å²) < 4.78 is 20.1. The van der Waals surface area contributed by atoms with Crippen LogP contribution in [0, 0.1) is 0 Å². The highest BCUT2D eigenvalue weighted by Gasteiger charge is 2.08. The van der Waals surface area contributed by atoms with Gasteiger partial charge in [0.05, 0.1) is 12.7 Å². The van der Waals surface area contributed by atoms with Gasteiger partial charge in [-0.15, -0.1) is 0 Å². The van der Waals surface area contributed by atoms with Crippen LogP contribution in [0.25, 0.3) is 6.08 Å². The molecule has 7 heteroatoms. The number of methoxy groups -OCH3 is 1. The van der Waals surface area contributed by atoms with Crippen LogP contribution in [0.15, 0.2) is 66.8 Å². The molecule has 0 aliphatic rings. The van der Waals surface area contributed by atoms with Gasteiger partial charge < -0.3 is 18.9 Å². The molecule has 7 nitrogen and oxygen atoms in total. The Morgan fingerprint density at radius 1 is 0.900 bits per heavy atom. The first-order valence-corrected chi connectivity index (χ1v) is 9.03. The van der Waals surface area contributed by atoms with Crippen molar-refractivity contribution in [1.82, 2.24) is 0 Å². The number of hydrogen-bond acceptors (Lipinski definition) is 7. The largest absolute Gasteiger partial charge is 0.497 e. The second-order valence-electron chi connectivity index (χ2n) is 6.10. The summed E-state index contributed by atoms with van der Waals surface area (Å²) in [5.74, 6) is -0.577. The Balaban J connectivity index is 1.80. The molecule has 0 saturated carbocycles. The van der Waals surface area contributed by atoms with Crippen LogP contribution < -0.4 is 9.47 Å². The number of benzene rings is 2. The van der Waals surface area contributed by atoms with E-state index in [9.17, 15) is 14.4 Å². The van der Waals surface area contributed by atoms with Crippen molar-refractivity contribution in [2.75, 3.05) is 20.3 Å². The summed E-state index contributed by atoms with van der Waals surface area (Å²) >= 11 is 0. The van der Waals surface area contributed by atoms with Crippen LogP contribution in [-0.2, 0) is 19.1 Å². The maximum atomic E-state index is 12.1. The number of carbonyl (C=O) groups is 3. The highest BCUT2D eigenvalue weighted by atomic mass is 16.6. The van der Waals surface area contributed by atoms with Crippen LogP contribution in [0.4, 0.5) is 0 Å². The molecule has 0 aliphatic heterocycles. The van der Waals surface area contributed by atoms with E-state index in [-0.39, 0.29) is 18.8 Å². The second-order valence-corrected chi connectivity index (χ2v) is 6.10. The van der Waals surface area contributed by atoms with E-state index in [0.717, 1.165) is 0 Å². The van der Waals surface area contributed by atoms with Gasteiger partial charge in [0.2, 0.25) is 0 Å². The number of hydrogen-bond donors (Lipinski definition) is 0. The maximum Gasteiger partial charge on any atom is 0.343 e. The van der Waals surface area contributed by atoms with E-state index in [1.54, 1.807) is 61.7 Å². The molecule has 2 aromatic rings. The summed E-state index contributed by atoms with van der Waals surface area (Å²) in [6, 6.07) is 13.2. The minimum absolute atomic E-state index is 0.0421. The normalized spacial score (nSPS) is 10.3. The third-order valence-corrected chi connectivity index (χ3v) is 3.74. The molecule has 30 heavy (non-hydrogen) atoms. The third kappa shape index (κ3) is 7.27. The Kier molecular flexibility index (Phi) is 8.38. The van der Waals surface area contributed by atoms with E-state index < -0.39 is 17.9 Å². The monoisotopic (exact) mass is 410 g/mol. The average Bonchev–Trinajstić information content (AvgIpc) is 2.76. The molecular weight excluding hydrogens is 388 g/mol. The first-order chi connectivity index (χ1) is 14.4. The van der Waals surface area contributed by atoms with Crippen LogP contribution in [0.5, 0.6) is 11.5 Å². The van der Waals surface area contributed by atoms with Gasteiger partial charge in [-0.2, -0.15) is 0 Å². The summed E-state index contributed by atoms with van der Waals surface area (Å²) in [5.41, 5.74) is 1.39. The lowest BCUT2D eigenvalue weighted by atomic mass is 10.2. The van der Waals surface area contributed by atoms with Gasteiger partial charge in [-0.1, -0.05) is 18.7 Å². The van der Waals surface area contributed by atoms with Gasteiger partial charge in [-0.05, 0) is 55.0 Å². The molecule has 0 unspecified atom stereocenters. The highest BCUT2D eigenvalue weighted by molar-refractivity contribution is 5.91. The first kappa shape index (κ1) is 22.4. The molecule has 156 valence electrons. The van der Waals surface area contributed by atoms with Crippen molar-refractivity contribution in [2.24, 2.45) is 0 Å². The molecule has 0 atom stereocenters. The van der Waals surface area contributed by atoms with Crippen LogP contribution in [0.3, 0.4) is 0 Å². The van der Waals surface area contributed by atoms with Crippen LogP contribution in [-0.4, -0.2) is 38.2 Å². The van der Waals surface area contributed by atoms with Gasteiger partial charge in [0, 0.05) is 11.6 Å². The predicted octanol–water partition coefficient (Wildman–Crippen LogP) is 3.59. The zero-order chi connectivity index (χ0) is 21.9. The molecule has 0 radical (unpaired) electrons. The lowest BCUT2D eigenvalue weighted by Crippen LogP contribution is -2.12. The van der Waals surface area contributed by atoms with Crippen molar-refractivity contribution in [3.05, 3.63) is 77.9 Å². The number of ether oxygens (including phenoxy) is 4. The first-order valence-electron chi connectivity index (χ1n) is 9.03. The van der Waals surface area contributed by atoms with Crippen LogP contribution in [0.2, 0.25) is 0 Å². The Hall–Kier alpha value is -3.87. The maximum absolute atomic E-state index is 12.1. The second kappa shape index (κ2) is 11.2. The van der Waals surface area contributed by atoms with Gasteiger partial charge in [0.1, 0.15) is 24.7 Å². The van der Waals surface area contributed by atoms with Crippen molar-refractivity contribution in [2.45, 2.75) is 6.92 Å². The van der Waals surface area contributed by atoms with E-state index in [4.69, 9.17) is 18.9 Å². The van der Waals surface area contributed by atoms with E-state index in [1.807, 2.05) is 0 Å². The lowest BCUT2D eigenvalue weighted by molar-refractivity contribution is -0.146. The van der Waals surface area contributed by atoms with Crippen molar-refractivity contribution < 1.29 is 33.3 Å². The van der Waals surface area contributed by atoms with Crippen LogP contribution >= 0.6 is 0 Å². The van der Waals surface area contributed by atoms with Gasteiger partial charge in [0.25, 0.3) is 0 Å². The molecule has 0 bridgehead atoms. The molecule has 0 aromatic heterocycles. The molecule has 0 saturated heterocycles. The van der Waals surface area contributed by atoms with Gasteiger partial charge in [0.15, 0.2) is 0 Å². The fraction of sp³-hybridized carbons (Fsp3) is 0.174. The number of rotatable bonds is 9. The van der Waals surface area contributed by atoms with Gasteiger partial charge in [-0.25, -0.2) is 14.4 Å². The van der Waals surface area contributed by atoms with Gasteiger partial charge in [-0.3, -0.25) is 0 Å². The smallest absolute Gasteiger partial charge is 0.343 e. The summed E-state index contributed by atoms with van der Waals surface area (Å²) in [7, 11) is 1.55. The molecule has 0 N–H and O–H groups in total. The summed E-state index contributed by atoms with van der Waals surface area (Å²) in [5, 5.41) is 0. The Bertz CT molecular complexity index is 925. The quantitative estimate of drug-likeness (QED) is 0.270. The summed E-state index contributed by atoms with van der Waals surface area (Å²) in [6.45, 7) is 4.88. The predicted molar refractivity (Wildman–Crippen MR) is 110 cm³/mol. The van der Waals surface area contributed by atoms with E-state index in [2.05, 4.69) is 6.58 Å². The minimum atomic E-state index is -0.573. The Morgan fingerprint density at radius 3 is 2.10 bits per heavy atom. The average molecular weight is 410 g/mol. The van der Waals surface area contributed by atoms with Crippen molar-refractivity contribution in [3.8, 4) is 11.5 Å². The minimum Gasteiger partial charge on any atom is -0.497 e. The number of carbonyl (C=O) groups excluding carboxylic acids is 3. The van der Waals surface area contributed by atoms with Crippen molar-refractivity contribution >= 4 is 24.0 Å². The zero-order valence-corrected chi connectivity index (χ0v) is 16.8. The molecule has 2 aromatic carbocycles. The zero-order valence-electron chi connectivity index (χ0n) is 16.8. The van der Waals surface area contributed by atoms with E-state index >= 15 is 0 Å². The summed E-state index contributed by atoms with van der Waals surface area (Å²) in [6.07, 6.45) is 2.80. The fourth-order valence-corrected chi connectivity index (χ4v) is 2.15. The molecule has 0 amide bonds. The van der Waals surface area contributed by atoms with Crippen molar-refractivity contribution in [3.63, 3.8) is 0 Å². The standard InChI is InChI=1S/C23H22O7/c1-16(2)22(25)29-15-14-28-21(24)13-6-17-4-9-20(10-5-17)30-23(26)18-7-11-19(27-3)12-8-18/h4-13H,1,14-15H2,2-3H3/b13-6+. The lowest BCUT2D eigenvalue weighted by Gasteiger charge is -2.06. The topological polar surface area (TPSA) is 88.1 Å². The third-order valence-electron chi connectivity index (χ3n) is 3.74. The van der Waals surface area contributed by atoms with Crippen molar-refractivity contribution in [1.29, 1.82) is 0 Å². The molecule has 0 heterocycles. The summed E-state index contributed by atoms with van der Waals surface area (Å²) in [4.78, 5) is 35.0. The Morgan fingerprint density at radius 2 is 1.50 bits per heavy atom. The number of esters is 3. The molecule has 0 spiro atoms. The molecule has 0 aliphatic carbocycles. The SMILES string of the molecule is C=C(C)C(=O)OCCOC(=O)/C=C/c1ccc(OC(=O)c2ccc(OC)cc2)cc1. The Labute approximate surface area is 174 Å². The van der Waals surface area contributed by atoms with E-state index in [1.165, 1.54) is 13.0 Å². The van der Waals surface area contributed by atoms with E-state index in [0.29, 0.717) is 22.6 Å². The molecule has 0 fully saturated rings. The van der Waals surface area contributed by atoms with Crippen LogP contribution in [0.1, 0.15) is 22.8 Å². The highest BCUT2D eigenvalue weighted by Crippen LogP contribution is 2.17. The molecule has 2 rings (SSSR count). The van der Waals surface area contributed by atoms with Gasteiger partial charge >= 0.3 is 17.9 Å². The molecular formula is C23H22O7. The fourth-order valence-electron chi connectivity index (χ4n) is 2.15.